The predicted molar refractivity (Wildman–Crippen MR) is 77.8 cm³/mol. The maximum atomic E-state index is 11.5. The summed E-state index contributed by atoms with van der Waals surface area (Å²) in [6, 6.07) is 9.02. The van der Waals surface area contributed by atoms with Crippen LogP contribution in [-0.4, -0.2) is 5.78 Å². The van der Waals surface area contributed by atoms with Crippen LogP contribution in [0.4, 0.5) is 0 Å². The van der Waals surface area contributed by atoms with Gasteiger partial charge >= 0.3 is 0 Å². The van der Waals surface area contributed by atoms with Gasteiger partial charge in [-0.25, -0.2) is 0 Å². The van der Waals surface area contributed by atoms with E-state index in [1.165, 1.54) is 6.92 Å². The van der Waals surface area contributed by atoms with E-state index in [4.69, 9.17) is 16.3 Å². The summed E-state index contributed by atoms with van der Waals surface area (Å²) in [4.78, 5) is 12.6. The Morgan fingerprint density at radius 3 is 2.78 bits per heavy atom. The molecular formula is C13H10BrClO2S. The highest BCUT2D eigenvalue weighted by atomic mass is 79.9. The first-order chi connectivity index (χ1) is 8.56. The highest BCUT2D eigenvalue weighted by Crippen LogP contribution is 2.27. The molecule has 0 spiro atoms. The Morgan fingerprint density at radius 2 is 2.17 bits per heavy atom. The second-order valence-electron chi connectivity index (χ2n) is 3.69. The fourth-order valence-corrected chi connectivity index (χ4v) is 3.05. The summed E-state index contributed by atoms with van der Waals surface area (Å²) in [5, 5.41) is 0.534. The molecule has 0 radical (unpaired) electrons. The third-order valence-corrected chi connectivity index (χ3v) is 4.15. The summed E-state index contributed by atoms with van der Waals surface area (Å²) in [6.07, 6.45) is 0. The van der Waals surface area contributed by atoms with Crippen molar-refractivity contribution in [2.24, 2.45) is 0 Å². The number of benzene rings is 1. The molecule has 0 aliphatic heterocycles. The molecule has 1 aromatic heterocycles. The van der Waals surface area contributed by atoms with Crippen molar-refractivity contribution in [2.75, 3.05) is 0 Å². The van der Waals surface area contributed by atoms with Crippen LogP contribution >= 0.6 is 38.9 Å². The first-order valence-corrected chi connectivity index (χ1v) is 7.22. The van der Waals surface area contributed by atoms with Crippen molar-refractivity contribution in [3.63, 3.8) is 0 Å². The molecule has 0 saturated carbocycles. The lowest BCUT2D eigenvalue weighted by molar-refractivity contribution is 0.101. The number of rotatable bonds is 4. The second-order valence-corrected chi connectivity index (χ2v) is 6.68. The summed E-state index contributed by atoms with van der Waals surface area (Å²) >= 11 is 10.9. The Labute approximate surface area is 123 Å². The number of ketones is 1. The van der Waals surface area contributed by atoms with Gasteiger partial charge in [-0.05, 0) is 53.2 Å². The van der Waals surface area contributed by atoms with Crippen molar-refractivity contribution in [1.29, 1.82) is 0 Å². The van der Waals surface area contributed by atoms with Gasteiger partial charge in [0.2, 0.25) is 0 Å². The Kier molecular flexibility index (Phi) is 4.43. The van der Waals surface area contributed by atoms with Crippen LogP contribution in [0.15, 0.2) is 34.1 Å². The third-order valence-electron chi connectivity index (χ3n) is 2.32. The fourth-order valence-electron chi connectivity index (χ4n) is 1.48. The van der Waals surface area contributed by atoms with Crippen LogP contribution in [0.3, 0.4) is 0 Å². The first-order valence-electron chi connectivity index (χ1n) is 5.24. The van der Waals surface area contributed by atoms with E-state index in [2.05, 4.69) is 15.9 Å². The topological polar surface area (TPSA) is 26.3 Å². The highest BCUT2D eigenvalue weighted by Gasteiger charge is 2.10. The molecule has 0 unspecified atom stereocenters. The average Bonchev–Trinajstić information content (AvgIpc) is 2.73. The molecule has 0 amide bonds. The van der Waals surface area contributed by atoms with E-state index in [1.54, 1.807) is 29.5 Å². The smallest absolute Gasteiger partial charge is 0.163 e. The molecule has 94 valence electrons. The van der Waals surface area contributed by atoms with Crippen molar-refractivity contribution in [1.82, 2.24) is 0 Å². The van der Waals surface area contributed by atoms with Crippen LogP contribution in [0.1, 0.15) is 22.2 Å². The van der Waals surface area contributed by atoms with E-state index in [1.807, 2.05) is 12.1 Å². The van der Waals surface area contributed by atoms with Gasteiger partial charge in [0, 0.05) is 9.90 Å². The monoisotopic (exact) mass is 344 g/mol. The molecule has 0 N–H and O–H groups in total. The SMILES string of the molecule is CC(=O)c1cc(Cl)ccc1OCc1ccc(Br)s1. The zero-order chi connectivity index (χ0) is 13.1. The predicted octanol–water partition coefficient (Wildman–Crippen LogP) is 4.95. The minimum Gasteiger partial charge on any atom is -0.487 e. The van der Waals surface area contributed by atoms with Gasteiger partial charge in [-0.1, -0.05) is 11.6 Å². The van der Waals surface area contributed by atoms with Crippen molar-refractivity contribution < 1.29 is 9.53 Å². The molecule has 0 atom stereocenters. The number of carbonyl (C=O) groups is 1. The minimum atomic E-state index is -0.0557. The molecule has 0 aliphatic rings. The second kappa shape index (κ2) is 5.87. The standard InChI is InChI=1S/C13H10BrClO2S/c1-8(16)11-6-9(15)2-4-12(11)17-7-10-3-5-13(14)18-10/h2-6H,7H2,1H3. The van der Waals surface area contributed by atoms with E-state index in [9.17, 15) is 4.79 Å². The number of Topliss-reactive ketones (excluding diaryl/α,β-unsaturated/α-hetero) is 1. The summed E-state index contributed by atoms with van der Waals surface area (Å²) in [7, 11) is 0. The van der Waals surface area contributed by atoms with Gasteiger partial charge in [-0.15, -0.1) is 11.3 Å². The molecule has 0 saturated heterocycles. The quantitative estimate of drug-likeness (QED) is 0.733. The zero-order valence-electron chi connectivity index (χ0n) is 9.57. The van der Waals surface area contributed by atoms with Crippen LogP contribution in [0, 0.1) is 0 Å². The maximum absolute atomic E-state index is 11.5. The van der Waals surface area contributed by atoms with Gasteiger partial charge in [0.05, 0.1) is 9.35 Å². The van der Waals surface area contributed by atoms with Crippen LogP contribution in [0.2, 0.25) is 5.02 Å². The van der Waals surface area contributed by atoms with E-state index >= 15 is 0 Å². The summed E-state index contributed by atoms with van der Waals surface area (Å²) in [5.74, 6) is 0.510. The number of ether oxygens (including phenoxy) is 1. The number of hydrogen-bond donors (Lipinski definition) is 0. The van der Waals surface area contributed by atoms with Crippen molar-refractivity contribution >= 4 is 44.7 Å². The first kappa shape index (κ1) is 13.6. The number of hydrogen-bond acceptors (Lipinski definition) is 3. The van der Waals surface area contributed by atoms with E-state index in [0.29, 0.717) is 22.9 Å². The summed E-state index contributed by atoms with van der Waals surface area (Å²) in [6.45, 7) is 1.94. The van der Waals surface area contributed by atoms with Crippen molar-refractivity contribution in [3.05, 3.63) is 49.6 Å². The molecular weight excluding hydrogens is 336 g/mol. The Bertz CT molecular complexity index is 580. The lowest BCUT2D eigenvalue weighted by Crippen LogP contribution is -2.00. The summed E-state index contributed by atoms with van der Waals surface area (Å²) < 4.78 is 6.72. The highest BCUT2D eigenvalue weighted by molar-refractivity contribution is 9.11. The lowest BCUT2D eigenvalue weighted by Gasteiger charge is -2.09. The van der Waals surface area contributed by atoms with Gasteiger partial charge in [0.15, 0.2) is 5.78 Å². The molecule has 0 fully saturated rings. The lowest BCUT2D eigenvalue weighted by atomic mass is 10.1. The zero-order valence-corrected chi connectivity index (χ0v) is 12.7. The number of carbonyl (C=O) groups excluding carboxylic acids is 1. The molecule has 1 heterocycles. The average molecular weight is 346 g/mol. The van der Waals surface area contributed by atoms with Crippen LogP contribution in [0.5, 0.6) is 5.75 Å². The molecule has 1 aromatic carbocycles. The molecule has 0 bridgehead atoms. The Morgan fingerprint density at radius 1 is 1.39 bits per heavy atom. The molecule has 2 rings (SSSR count). The Hall–Kier alpha value is -0.840. The maximum Gasteiger partial charge on any atom is 0.163 e. The fraction of sp³-hybridized carbons (Fsp3) is 0.154. The van der Waals surface area contributed by atoms with Gasteiger partial charge in [-0.3, -0.25) is 4.79 Å². The molecule has 0 aliphatic carbocycles. The van der Waals surface area contributed by atoms with Crippen molar-refractivity contribution in [3.8, 4) is 5.75 Å². The van der Waals surface area contributed by atoms with E-state index in [-0.39, 0.29) is 5.78 Å². The van der Waals surface area contributed by atoms with Gasteiger partial charge in [-0.2, -0.15) is 0 Å². The third kappa shape index (κ3) is 3.34. The van der Waals surface area contributed by atoms with Gasteiger partial charge in [0.1, 0.15) is 12.4 Å². The summed E-state index contributed by atoms with van der Waals surface area (Å²) in [5.41, 5.74) is 0.512. The van der Waals surface area contributed by atoms with Crippen molar-refractivity contribution in [2.45, 2.75) is 13.5 Å². The molecule has 2 aromatic rings. The molecule has 18 heavy (non-hydrogen) atoms. The van der Waals surface area contributed by atoms with Gasteiger partial charge < -0.3 is 4.74 Å². The van der Waals surface area contributed by atoms with Gasteiger partial charge in [0.25, 0.3) is 0 Å². The molecule has 5 heteroatoms. The molecule has 2 nitrogen and oxygen atoms in total. The Balaban J connectivity index is 2.16. The van der Waals surface area contributed by atoms with E-state index in [0.717, 1.165) is 8.66 Å². The van der Waals surface area contributed by atoms with Crippen LogP contribution < -0.4 is 4.74 Å². The van der Waals surface area contributed by atoms with Crippen LogP contribution in [-0.2, 0) is 6.61 Å². The van der Waals surface area contributed by atoms with Crippen LogP contribution in [0.25, 0.3) is 0 Å². The minimum absolute atomic E-state index is 0.0557. The number of thiophene rings is 1. The number of halogens is 2. The normalized spacial score (nSPS) is 10.4. The van der Waals surface area contributed by atoms with E-state index < -0.39 is 0 Å². The largest absolute Gasteiger partial charge is 0.487 e.